The van der Waals surface area contributed by atoms with Crippen LogP contribution >= 0.6 is 0 Å². The Morgan fingerprint density at radius 3 is 2.40 bits per heavy atom. The maximum absolute atomic E-state index is 14.0. The second kappa shape index (κ2) is 12.2. The van der Waals surface area contributed by atoms with Crippen LogP contribution in [0.4, 0.5) is 22.0 Å². The predicted molar refractivity (Wildman–Crippen MR) is 142 cm³/mol. The van der Waals surface area contributed by atoms with Crippen LogP contribution in [-0.2, 0) is 4.79 Å². The minimum absolute atomic E-state index is 0.0149. The zero-order chi connectivity index (χ0) is 30.9. The molecule has 3 atom stereocenters. The lowest BCUT2D eigenvalue weighted by Gasteiger charge is -2.33. The van der Waals surface area contributed by atoms with Crippen molar-refractivity contribution in [3.8, 4) is 0 Å². The molecule has 43 heavy (non-hydrogen) atoms. The van der Waals surface area contributed by atoms with Gasteiger partial charge in [-0.25, -0.2) is 22.9 Å². The summed E-state index contributed by atoms with van der Waals surface area (Å²) in [4.78, 5) is 30.5. The second-order valence-corrected chi connectivity index (χ2v) is 11.8. The van der Waals surface area contributed by atoms with Crippen LogP contribution in [0.2, 0.25) is 0 Å². The molecule has 2 aliphatic rings. The summed E-state index contributed by atoms with van der Waals surface area (Å²) in [6.07, 6.45) is -0.732. The Morgan fingerprint density at radius 2 is 1.79 bits per heavy atom. The van der Waals surface area contributed by atoms with E-state index in [0.29, 0.717) is 16.9 Å². The maximum atomic E-state index is 14.0. The Balaban J connectivity index is 1.37. The molecule has 15 heteroatoms. The molecule has 234 valence electrons. The Kier molecular flexibility index (Phi) is 8.70. The molecule has 0 spiro atoms. The molecule has 2 N–H and O–H groups in total. The van der Waals surface area contributed by atoms with E-state index >= 15 is 0 Å². The molecule has 3 aromatic heterocycles. The zero-order valence-electron chi connectivity index (χ0n) is 23.8. The van der Waals surface area contributed by atoms with Crippen LogP contribution < -0.4 is 10.6 Å². The minimum Gasteiger partial charge on any atom is -0.349 e. The van der Waals surface area contributed by atoms with E-state index in [1.54, 1.807) is 32.3 Å². The van der Waals surface area contributed by atoms with E-state index in [4.69, 9.17) is 0 Å². The highest BCUT2D eigenvalue weighted by atomic mass is 19.4. The molecule has 10 nitrogen and oxygen atoms in total. The number of halogens is 5. The van der Waals surface area contributed by atoms with Crippen molar-refractivity contribution in [2.75, 3.05) is 0 Å². The van der Waals surface area contributed by atoms with E-state index in [1.165, 1.54) is 4.52 Å². The molecule has 2 fully saturated rings. The molecule has 0 aliphatic heterocycles. The smallest absolute Gasteiger partial charge is 0.349 e. The Hall–Kier alpha value is -3.65. The monoisotopic (exact) mass is 611 g/mol. The fourth-order valence-corrected chi connectivity index (χ4v) is 5.79. The highest BCUT2D eigenvalue weighted by Crippen LogP contribution is 2.43. The van der Waals surface area contributed by atoms with Gasteiger partial charge in [-0.3, -0.25) is 9.59 Å². The highest BCUT2D eigenvalue weighted by molar-refractivity contribution is 5.93. The topological polar surface area (TPSA) is 127 Å². The molecule has 3 heterocycles. The van der Waals surface area contributed by atoms with E-state index < -0.39 is 48.3 Å². The molecule has 0 bridgehead atoms. The number of hydrogen-bond acceptors (Lipinski definition) is 7. The fourth-order valence-electron chi connectivity index (χ4n) is 5.79. The van der Waals surface area contributed by atoms with Crippen LogP contribution in [0, 0.1) is 24.7 Å². The van der Waals surface area contributed by atoms with Crippen molar-refractivity contribution in [3.05, 3.63) is 41.1 Å². The number of alkyl halides is 5. The van der Waals surface area contributed by atoms with Gasteiger partial charge in [-0.1, -0.05) is 18.5 Å². The molecule has 0 unspecified atom stereocenters. The summed E-state index contributed by atoms with van der Waals surface area (Å²) >= 11 is 0. The van der Waals surface area contributed by atoms with Crippen molar-refractivity contribution in [3.63, 3.8) is 0 Å². The van der Waals surface area contributed by atoms with Crippen LogP contribution in [0.5, 0.6) is 0 Å². The highest BCUT2D eigenvalue weighted by Gasteiger charge is 2.40. The van der Waals surface area contributed by atoms with E-state index in [-0.39, 0.29) is 61.7 Å². The van der Waals surface area contributed by atoms with Gasteiger partial charge in [0.25, 0.3) is 5.91 Å². The zero-order valence-corrected chi connectivity index (χ0v) is 23.8. The first-order valence-electron chi connectivity index (χ1n) is 14.5. The number of carbonyl (C=O) groups is 2. The van der Waals surface area contributed by atoms with Crippen LogP contribution in [0.1, 0.15) is 104 Å². The van der Waals surface area contributed by atoms with Crippen LogP contribution in [0.3, 0.4) is 0 Å². The standard InChI is InChI=1S/C28H34F5N7O3/c1-3-16(12-28(31,32)33)10-22(41)36-24(17-4-5-17)19-11-21-35-20(14-40(21)34-13-19)25(18-6-8-27(29,30)9-7-18)37-26(42)23-15(2)38-43-39-23/h11,13-14,16-18,24-25H,3-10,12H2,1-2H3,(H,36,41)(H,37,42)/t16-,24+,25-/m0/s1. The van der Waals surface area contributed by atoms with E-state index in [0.717, 1.165) is 12.8 Å². The van der Waals surface area contributed by atoms with Crippen molar-refractivity contribution < 1.29 is 36.2 Å². The van der Waals surface area contributed by atoms with Crippen LogP contribution in [0.15, 0.2) is 23.1 Å². The lowest BCUT2D eigenvalue weighted by atomic mass is 9.81. The van der Waals surface area contributed by atoms with Gasteiger partial charge in [-0.2, -0.15) is 18.3 Å². The molecule has 0 radical (unpaired) electrons. The largest absolute Gasteiger partial charge is 0.389 e. The first-order valence-corrected chi connectivity index (χ1v) is 14.5. The van der Waals surface area contributed by atoms with Crippen molar-refractivity contribution in [2.24, 2.45) is 17.8 Å². The summed E-state index contributed by atoms with van der Waals surface area (Å²) in [5.41, 5.74) is 1.76. The van der Waals surface area contributed by atoms with Crippen LogP contribution in [0.25, 0.3) is 5.65 Å². The fraction of sp³-hybridized carbons (Fsp3) is 0.643. The summed E-state index contributed by atoms with van der Waals surface area (Å²) in [6.45, 7) is 3.19. The number of hydrogen-bond donors (Lipinski definition) is 2. The number of nitrogens with one attached hydrogen (secondary N) is 2. The number of amides is 2. The number of fused-ring (bicyclic) bond motifs is 1. The first kappa shape index (κ1) is 30.8. The Bertz CT molecular complexity index is 1440. The first-order chi connectivity index (χ1) is 20.3. The number of aromatic nitrogens is 5. The van der Waals surface area contributed by atoms with E-state index in [1.807, 2.05) is 0 Å². The average molecular weight is 612 g/mol. The number of rotatable bonds is 11. The quantitative estimate of drug-likeness (QED) is 0.268. The number of aryl methyl sites for hydroxylation is 1. The normalized spacial score (nSPS) is 19.6. The lowest BCUT2D eigenvalue weighted by Crippen LogP contribution is -2.37. The molecule has 0 aromatic carbocycles. The van der Waals surface area contributed by atoms with Gasteiger partial charge < -0.3 is 10.6 Å². The van der Waals surface area contributed by atoms with Crippen LogP contribution in [-0.4, -0.2) is 48.8 Å². The third-order valence-corrected chi connectivity index (χ3v) is 8.41. The average Bonchev–Trinajstić information content (AvgIpc) is 3.54. The molecule has 2 saturated carbocycles. The summed E-state index contributed by atoms with van der Waals surface area (Å²) in [6, 6.07) is 0.586. The molecule has 0 saturated heterocycles. The van der Waals surface area contributed by atoms with E-state index in [9.17, 15) is 31.5 Å². The molecule has 3 aromatic rings. The van der Waals surface area contributed by atoms with Gasteiger partial charge in [0.05, 0.1) is 30.2 Å². The Labute approximate surface area is 244 Å². The molecule has 2 aliphatic carbocycles. The summed E-state index contributed by atoms with van der Waals surface area (Å²) < 4.78 is 72.8. The minimum atomic E-state index is -4.34. The van der Waals surface area contributed by atoms with Gasteiger partial charge >= 0.3 is 6.18 Å². The maximum Gasteiger partial charge on any atom is 0.389 e. The molecule has 2 amide bonds. The van der Waals surface area contributed by atoms with Gasteiger partial charge in [0.1, 0.15) is 5.69 Å². The van der Waals surface area contributed by atoms with Gasteiger partial charge in [0.15, 0.2) is 11.3 Å². The molecule has 5 rings (SSSR count). The number of nitrogens with zero attached hydrogens (tertiary/aromatic N) is 5. The van der Waals surface area contributed by atoms with Gasteiger partial charge in [-0.05, 0) is 67.1 Å². The van der Waals surface area contributed by atoms with E-state index in [2.05, 4.69) is 35.7 Å². The molecular weight excluding hydrogens is 577 g/mol. The summed E-state index contributed by atoms with van der Waals surface area (Å²) in [5, 5.41) is 17.5. The SMILES string of the molecule is CC[C@@H](CC(=O)N[C@@H](c1cnn2cc([C@@H](NC(=O)c3nonc3C)C3CCC(F)(F)CC3)nc2c1)C1CC1)CC(F)(F)F. The number of imidazole rings is 1. The van der Waals surface area contributed by atoms with Crippen molar-refractivity contribution in [2.45, 2.75) is 95.8 Å². The summed E-state index contributed by atoms with van der Waals surface area (Å²) in [5.74, 6) is -4.79. The Morgan fingerprint density at radius 1 is 1.09 bits per heavy atom. The second-order valence-electron chi connectivity index (χ2n) is 11.8. The summed E-state index contributed by atoms with van der Waals surface area (Å²) in [7, 11) is 0. The van der Waals surface area contributed by atoms with Gasteiger partial charge in [-0.15, -0.1) is 0 Å². The van der Waals surface area contributed by atoms with Gasteiger partial charge in [0.2, 0.25) is 11.8 Å². The third-order valence-electron chi connectivity index (χ3n) is 8.41. The predicted octanol–water partition coefficient (Wildman–Crippen LogP) is 5.65. The molecular formula is C28H34F5N7O3. The third kappa shape index (κ3) is 7.66. The lowest BCUT2D eigenvalue weighted by molar-refractivity contribution is -0.147. The number of carbonyl (C=O) groups excluding carboxylic acids is 2. The van der Waals surface area contributed by atoms with Crippen molar-refractivity contribution in [1.29, 1.82) is 0 Å². The van der Waals surface area contributed by atoms with Gasteiger partial charge in [0, 0.05) is 25.7 Å². The van der Waals surface area contributed by atoms with Crippen molar-refractivity contribution >= 4 is 17.5 Å². The van der Waals surface area contributed by atoms with Crippen molar-refractivity contribution in [1.82, 2.24) is 35.5 Å².